The second kappa shape index (κ2) is 13.9. The molecule has 7 unspecified atom stereocenters. The van der Waals surface area contributed by atoms with Gasteiger partial charge in [0.15, 0.2) is 24.4 Å². The molecular weight excluding hydrogens is 664 g/mol. The van der Waals surface area contributed by atoms with Gasteiger partial charge in [0.2, 0.25) is 12.0 Å². The van der Waals surface area contributed by atoms with Crippen LogP contribution in [-0.4, -0.2) is 127 Å². The van der Waals surface area contributed by atoms with Crippen LogP contribution in [0.25, 0.3) is 5.76 Å². The summed E-state index contributed by atoms with van der Waals surface area (Å²) in [6, 6.07) is 7.54. The lowest BCUT2D eigenvalue weighted by Gasteiger charge is -2.46. The Morgan fingerprint density at radius 3 is 2.54 bits per heavy atom. The molecule has 0 spiro atoms. The van der Waals surface area contributed by atoms with Gasteiger partial charge in [-0.25, -0.2) is 14.8 Å². The summed E-state index contributed by atoms with van der Waals surface area (Å²) in [6.45, 7) is -1.08. The zero-order valence-corrected chi connectivity index (χ0v) is 25.9. The number of aromatic hydroxyl groups is 1. The highest BCUT2D eigenvalue weighted by Gasteiger charge is 2.59. The average molecular weight is 697 g/mol. The van der Waals surface area contributed by atoms with Crippen LogP contribution < -0.4 is 18.9 Å². The summed E-state index contributed by atoms with van der Waals surface area (Å²) >= 11 is 0. The predicted molar refractivity (Wildman–Crippen MR) is 171 cm³/mol. The Labute approximate surface area is 282 Å². The van der Waals surface area contributed by atoms with Gasteiger partial charge < -0.3 is 64.5 Å². The highest BCUT2D eigenvalue weighted by Crippen LogP contribution is 2.51. The highest BCUT2D eigenvalue weighted by atomic mass is 16.7. The molecule has 6 rings (SSSR count). The van der Waals surface area contributed by atoms with Crippen LogP contribution in [0.3, 0.4) is 0 Å². The first kappa shape index (κ1) is 34.5. The molecule has 0 saturated carbocycles. The SMILES string of the molecule is N=C1C=CC(C(O)COc2ccc(C3C=C(O)c4c(cc(OC5OC(C(=O)O)C(O)(CC6=NC=NC6)C(O)C5O)c(OCO)c4O)O3)cc2)=N1. The monoisotopic (exact) mass is 696 g/mol. The Hall–Kier alpha value is -5.37. The van der Waals surface area contributed by atoms with Crippen molar-refractivity contribution in [3.8, 4) is 28.7 Å². The molecule has 4 aliphatic rings. The quantitative estimate of drug-likeness (QED) is 0.132. The number of carboxylic acids is 1. The minimum atomic E-state index is -2.54. The Morgan fingerprint density at radius 1 is 1.14 bits per heavy atom. The van der Waals surface area contributed by atoms with E-state index in [9.17, 15) is 45.6 Å². The van der Waals surface area contributed by atoms with Crippen LogP contribution in [0.5, 0.6) is 28.7 Å². The first-order valence-corrected chi connectivity index (χ1v) is 15.0. The summed E-state index contributed by atoms with van der Waals surface area (Å²) < 4.78 is 27.9. The van der Waals surface area contributed by atoms with Crippen LogP contribution in [0.1, 0.15) is 23.7 Å². The fraction of sp³-hybridized carbons (Fsp3) is 0.344. The van der Waals surface area contributed by atoms with E-state index in [1.165, 1.54) is 24.6 Å². The van der Waals surface area contributed by atoms with E-state index in [4.69, 9.17) is 29.1 Å². The lowest BCUT2D eigenvalue weighted by molar-refractivity contribution is -0.303. The van der Waals surface area contributed by atoms with Gasteiger partial charge in [0.1, 0.15) is 71.6 Å². The van der Waals surface area contributed by atoms with Gasteiger partial charge in [-0.2, -0.15) is 0 Å². The molecule has 264 valence electrons. The number of hydrogen-bond acceptors (Lipinski definition) is 16. The number of phenols is 1. The average Bonchev–Trinajstić information content (AvgIpc) is 3.77. The van der Waals surface area contributed by atoms with E-state index in [-0.39, 0.29) is 36.0 Å². The number of hydrogen-bond donors (Lipinski definition) is 9. The summed E-state index contributed by atoms with van der Waals surface area (Å²) in [5.74, 6) is -3.65. The van der Waals surface area contributed by atoms with Crippen LogP contribution in [0.2, 0.25) is 0 Å². The number of nitrogens with one attached hydrogen (secondary N) is 1. The Morgan fingerprint density at radius 2 is 1.90 bits per heavy atom. The summed E-state index contributed by atoms with van der Waals surface area (Å²) in [5, 5.41) is 92.2. The second-order valence-corrected chi connectivity index (χ2v) is 11.5. The minimum absolute atomic E-state index is 0.0263. The van der Waals surface area contributed by atoms with E-state index in [0.29, 0.717) is 17.0 Å². The number of aliphatic carboxylic acids is 1. The summed E-state index contributed by atoms with van der Waals surface area (Å²) in [6.07, 6.45) is -5.32. The van der Waals surface area contributed by atoms with Crippen molar-refractivity contribution in [3.05, 3.63) is 59.7 Å². The molecule has 1 fully saturated rings. The van der Waals surface area contributed by atoms with Gasteiger partial charge in [0.25, 0.3) is 0 Å². The fourth-order valence-corrected chi connectivity index (χ4v) is 5.74. The number of rotatable bonds is 12. The van der Waals surface area contributed by atoms with Crippen molar-refractivity contribution in [1.29, 1.82) is 5.41 Å². The van der Waals surface area contributed by atoms with Crippen molar-refractivity contribution in [2.75, 3.05) is 19.9 Å². The molecule has 1 saturated heterocycles. The molecular formula is C32H32N4O14. The number of benzene rings is 2. The molecule has 0 bridgehead atoms. The maximum Gasteiger partial charge on any atom is 0.336 e. The van der Waals surface area contributed by atoms with E-state index in [2.05, 4.69) is 15.0 Å². The van der Waals surface area contributed by atoms with Crippen molar-refractivity contribution in [1.82, 2.24) is 0 Å². The third kappa shape index (κ3) is 6.62. The molecule has 2 aromatic rings. The number of nitrogens with zero attached hydrogens (tertiary/aromatic N) is 3. The number of fused-ring (bicyclic) bond motifs is 1. The number of phenolic OH excluding ortho intramolecular Hbond substituents is 1. The van der Waals surface area contributed by atoms with E-state index in [1.54, 1.807) is 24.3 Å². The molecule has 4 heterocycles. The van der Waals surface area contributed by atoms with Crippen LogP contribution in [0, 0.1) is 5.41 Å². The van der Waals surface area contributed by atoms with Crippen molar-refractivity contribution < 1.29 is 69.3 Å². The third-order valence-corrected chi connectivity index (χ3v) is 8.22. The largest absolute Gasteiger partial charge is 0.507 e. The molecule has 2 aromatic carbocycles. The predicted octanol–water partition coefficient (Wildman–Crippen LogP) is -0.00463. The molecule has 18 nitrogen and oxygen atoms in total. The first-order chi connectivity index (χ1) is 23.9. The van der Waals surface area contributed by atoms with Gasteiger partial charge in [-0.15, -0.1) is 0 Å². The normalized spacial score (nSPS) is 27.5. The van der Waals surface area contributed by atoms with Crippen molar-refractivity contribution in [2.24, 2.45) is 15.0 Å². The number of carboxylic acid groups (broad SMARTS) is 1. The maximum atomic E-state index is 12.2. The molecule has 0 aromatic heterocycles. The van der Waals surface area contributed by atoms with Crippen LogP contribution >= 0.6 is 0 Å². The molecule has 0 radical (unpaired) electrons. The molecule has 0 amide bonds. The van der Waals surface area contributed by atoms with Crippen LogP contribution in [0.15, 0.2) is 63.5 Å². The minimum Gasteiger partial charge on any atom is -0.507 e. The molecule has 50 heavy (non-hydrogen) atoms. The number of amidine groups is 1. The van der Waals surface area contributed by atoms with Gasteiger partial charge >= 0.3 is 5.97 Å². The molecule has 18 heteroatoms. The van der Waals surface area contributed by atoms with Gasteiger partial charge in [0, 0.05) is 24.3 Å². The van der Waals surface area contributed by atoms with Gasteiger partial charge in [-0.3, -0.25) is 10.4 Å². The lowest BCUT2D eigenvalue weighted by atomic mass is 9.80. The van der Waals surface area contributed by atoms with Gasteiger partial charge in [-0.1, -0.05) is 12.1 Å². The number of aliphatic hydroxyl groups is 6. The summed E-state index contributed by atoms with van der Waals surface area (Å²) in [7, 11) is 0. The van der Waals surface area contributed by atoms with E-state index in [1.807, 2.05) is 0 Å². The summed E-state index contributed by atoms with van der Waals surface area (Å²) in [5.41, 5.74) is -1.73. The number of ether oxygens (including phenoxy) is 5. The maximum absolute atomic E-state index is 12.2. The number of aliphatic imine (C=N–C) groups is 3. The summed E-state index contributed by atoms with van der Waals surface area (Å²) in [4.78, 5) is 23.9. The van der Waals surface area contributed by atoms with E-state index >= 15 is 0 Å². The smallest absolute Gasteiger partial charge is 0.336 e. The molecule has 0 aliphatic carbocycles. The zero-order valence-electron chi connectivity index (χ0n) is 25.9. The molecule has 9 N–H and O–H groups in total. The van der Waals surface area contributed by atoms with E-state index in [0.717, 1.165) is 6.07 Å². The Bertz CT molecular complexity index is 1820. The fourth-order valence-electron chi connectivity index (χ4n) is 5.74. The Kier molecular flexibility index (Phi) is 9.56. The number of carbonyl (C=O) groups is 1. The van der Waals surface area contributed by atoms with E-state index < -0.39 is 84.6 Å². The van der Waals surface area contributed by atoms with Crippen molar-refractivity contribution in [3.63, 3.8) is 0 Å². The van der Waals surface area contributed by atoms with Crippen molar-refractivity contribution in [2.45, 2.75) is 48.8 Å². The van der Waals surface area contributed by atoms with Gasteiger partial charge in [0.05, 0.1) is 12.3 Å². The highest BCUT2D eigenvalue weighted by molar-refractivity contribution is 6.15. The van der Waals surface area contributed by atoms with Crippen molar-refractivity contribution >= 4 is 35.3 Å². The van der Waals surface area contributed by atoms with Crippen LogP contribution in [-0.2, 0) is 9.53 Å². The standard InChI is InChI=1S/C32H32N4O14/c33-23-6-5-17(36-23)19(39)11-46-16-3-1-14(2-4-16)20-7-18(38)24-21(48-20)8-22(27(25(24)40)47-13-37)49-31-26(41)28(42)32(45,29(50-31)30(43)44)9-15-10-34-12-35-15/h1-8,12,19-20,26,28-29,31,33,37-42,45H,9-11,13H2,(H,43,44). The third-order valence-electron chi connectivity index (χ3n) is 8.22. The van der Waals surface area contributed by atoms with Gasteiger partial charge in [-0.05, 0) is 29.8 Å². The first-order valence-electron chi connectivity index (χ1n) is 15.0. The Balaban J connectivity index is 1.22. The second-order valence-electron chi connectivity index (χ2n) is 11.5. The lowest BCUT2D eigenvalue weighted by Crippen LogP contribution is -2.69. The topological polar surface area (TPSA) is 286 Å². The molecule has 4 aliphatic heterocycles. The molecule has 7 atom stereocenters. The number of aliphatic hydroxyl groups excluding tert-OH is 5. The van der Waals surface area contributed by atoms with Crippen LogP contribution in [0.4, 0.5) is 0 Å². The zero-order chi connectivity index (χ0) is 35.7.